The van der Waals surface area contributed by atoms with Crippen molar-refractivity contribution in [2.45, 2.75) is 33.4 Å². The highest BCUT2D eigenvalue weighted by atomic mass is 16.3. The zero-order valence-corrected chi connectivity index (χ0v) is 17.3. The van der Waals surface area contributed by atoms with Crippen LogP contribution in [0.5, 0.6) is 0 Å². The fraction of sp³-hybridized carbons (Fsp3) is 0.200. The number of nitrogens with zero attached hydrogens (tertiary/aromatic N) is 3. The van der Waals surface area contributed by atoms with Crippen LogP contribution in [0.4, 0.5) is 0 Å². The van der Waals surface area contributed by atoms with E-state index in [0.717, 1.165) is 34.0 Å². The van der Waals surface area contributed by atoms with E-state index in [0.29, 0.717) is 19.5 Å². The summed E-state index contributed by atoms with van der Waals surface area (Å²) >= 11 is 0. The Bertz CT molecular complexity index is 1100. The highest BCUT2D eigenvalue weighted by Crippen LogP contribution is 2.20. The van der Waals surface area contributed by atoms with Crippen molar-refractivity contribution in [2.24, 2.45) is 0 Å². The van der Waals surface area contributed by atoms with Crippen molar-refractivity contribution in [2.75, 3.05) is 0 Å². The first-order valence-corrected chi connectivity index (χ1v) is 10.1. The van der Waals surface area contributed by atoms with Crippen LogP contribution in [0.2, 0.25) is 0 Å². The Labute approximate surface area is 176 Å². The molecule has 0 atom stereocenters. The molecule has 0 bridgehead atoms. The van der Waals surface area contributed by atoms with Crippen LogP contribution >= 0.6 is 0 Å². The van der Waals surface area contributed by atoms with Gasteiger partial charge in [0.1, 0.15) is 5.76 Å². The molecule has 1 amide bonds. The second-order valence-electron chi connectivity index (χ2n) is 7.39. The van der Waals surface area contributed by atoms with Gasteiger partial charge in [0.05, 0.1) is 30.6 Å². The lowest BCUT2D eigenvalue weighted by atomic mass is 10.1. The summed E-state index contributed by atoms with van der Waals surface area (Å²) in [5.41, 5.74) is 4.92. The fourth-order valence-corrected chi connectivity index (χ4v) is 3.64. The number of para-hydroxylation sites is 1. The van der Waals surface area contributed by atoms with Crippen LogP contribution < -0.4 is 0 Å². The fourth-order valence-electron chi connectivity index (χ4n) is 3.64. The predicted molar refractivity (Wildman–Crippen MR) is 116 cm³/mol. The number of amides is 1. The Kier molecular flexibility index (Phi) is 5.80. The van der Waals surface area contributed by atoms with E-state index in [1.165, 1.54) is 0 Å². The van der Waals surface area contributed by atoms with Gasteiger partial charge in [0.2, 0.25) is 5.91 Å². The van der Waals surface area contributed by atoms with E-state index in [1.807, 2.05) is 96.2 Å². The molecule has 0 saturated carbocycles. The van der Waals surface area contributed by atoms with Gasteiger partial charge in [-0.15, -0.1) is 0 Å². The third kappa shape index (κ3) is 4.35. The lowest BCUT2D eigenvalue weighted by molar-refractivity contribution is -0.132. The van der Waals surface area contributed by atoms with E-state index in [4.69, 9.17) is 4.42 Å². The summed E-state index contributed by atoms with van der Waals surface area (Å²) in [6, 6.07) is 23.8. The lowest BCUT2D eigenvalue weighted by Crippen LogP contribution is -2.31. The van der Waals surface area contributed by atoms with Gasteiger partial charge in [-0.05, 0) is 43.7 Å². The van der Waals surface area contributed by atoms with Crippen molar-refractivity contribution < 1.29 is 9.21 Å². The highest BCUT2D eigenvalue weighted by Gasteiger charge is 2.21. The Morgan fingerprint density at radius 1 is 0.933 bits per heavy atom. The largest absolute Gasteiger partial charge is 0.467 e. The van der Waals surface area contributed by atoms with Crippen LogP contribution in [0.25, 0.3) is 5.69 Å². The quantitative estimate of drug-likeness (QED) is 0.446. The molecule has 30 heavy (non-hydrogen) atoms. The number of aromatic nitrogens is 2. The van der Waals surface area contributed by atoms with Gasteiger partial charge in [-0.25, -0.2) is 4.68 Å². The molecule has 0 aliphatic carbocycles. The summed E-state index contributed by atoms with van der Waals surface area (Å²) in [6.07, 6.45) is 1.94. The maximum atomic E-state index is 13.3. The molecule has 2 aromatic heterocycles. The molecule has 0 aliphatic rings. The minimum Gasteiger partial charge on any atom is -0.467 e. The monoisotopic (exact) mass is 399 g/mol. The van der Waals surface area contributed by atoms with Crippen molar-refractivity contribution in [1.82, 2.24) is 14.7 Å². The van der Waals surface area contributed by atoms with Gasteiger partial charge < -0.3 is 9.32 Å². The van der Waals surface area contributed by atoms with Gasteiger partial charge in [-0.3, -0.25) is 4.79 Å². The second kappa shape index (κ2) is 8.82. The predicted octanol–water partition coefficient (Wildman–Crippen LogP) is 4.85. The van der Waals surface area contributed by atoms with Crippen LogP contribution in [-0.2, 0) is 24.3 Å². The van der Waals surface area contributed by atoms with E-state index >= 15 is 0 Å². The Balaban J connectivity index is 1.58. The molecule has 152 valence electrons. The maximum Gasteiger partial charge on any atom is 0.227 e. The summed E-state index contributed by atoms with van der Waals surface area (Å²) in [5.74, 6) is 0.821. The van der Waals surface area contributed by atoms with E-state index in [-0.39, 0.29) is 5.91 Å². The van der Waals surface area contributed by atoms with Crippen molar-refractivity contribution in [1.29, 1.82) is 0 Å². The van der Waals surface area contributed by atoms with Gasteiger partial charge in [0, 0.05) is 17.8 Å². The van der Waals surface area contributed by atoms with Crippen molar-refractivity contribution in [3.63, 3.8) is 0 Å². The molecule has 2 heterocycles. The molecule has 0 aliphatic heterocycles. The Hall–Kier alpha value is -3.60. The van der Waals surface area contributed by atoms with E-state index in [1.54, 1.807) is 6.26 Å². The molecule has 0 radical (unpaired) electrons. The zero-order chi connectivity index (χ0) is 20.9. The summed E-state index contributed by atoms with van der Waals surface area (Å²) in [7, 11) is 0. The molecular formula is C25H25N3O2. The SMILES string of the molecule is Cc1nn(-c2ccccc2)c(C)c1CC(=O)N(Cc1ccccc1)Cc1ccco1. The summed E-state index contributed by atoms with van der Waals surface area (Å²) in [4.78, 5) is 15.2. The second-order valence-corrected chi connectivity index (χ2v) is 7.39. The summed E-state index contributed by atoms with van der Waals surface area (Å²) in [5, 5.41) is 4.68. The van der Waals surface area contributed by atoms with Gasteiger partial charge in [0.15, 0.2) is 0 Å². The Morgan fingerprint density at radius 2 is 1.63 bits per heavy atom. The molecule has 0 N–H and O–H groups in total. The average Bonchev–Trinajstić information content (AvgIpc) is 3.38. The first-order valence-electron chi connectivity index (χ1n) is 10.1. The first kappa shape index (κ1) is 19.7. The lowest BCUT2D eigenvalue weighted by Gasteiger charge is -2.22. The standard InChI is InChI=1S/C25H25N3O2/c1-19-24(20(2)28(26-19)22-12-7-4-8-13-22)16-25(29)27(18-23-14-9-15-30-23)17-21-10-5-3-6-11-21/h3-15H,16-18H2,1-2H3. The van der Waals surface area contributed by atoms with Gasteiger partial charge >= 0.3 is 0 Å². The minimum absolute atomic E-state index is 0.0501. The first-order chi connectivity index (χ1) is 14.6. The number of benzene rings is 2. The molecule has 4 aromatic rings. The number of aryl methyl sites for hydroxylation is 1. The number of furan rings is 1. The van der Waals surface area contributed by atoms with Crippen LogP contribution in [0.1, 0.15) is 28.3 Å². The third-order valence-corrected chi connectivity index (χ3v) is 5.27. The summed E-state index contributed by atoms with van der Waals surface area (Å²) in [6.45, 7) is 4.95. The summed E-state index contributed by atoms with van der Waals surface area (Å²) < 4.78 is 7.41. The molecular weight excluding hydrogens is 374 g/mol. The van der Waals surface area contributed by atoms with Gasteiger partial charge in [0.25, 0.3) is 0 Å². The molecule has 0 fully saturated rings. The molecule has 0 saturated heterocycles. The van der Waals surface area contributed by atoms with Crippen LogP contribution in [-0.4, -0.2) is 20.6 Å². The zero-order valence-electron chi connectivity index (χ0n) is 17.3. The molecule has 5 heteroatoms. The number of rotatable bonds is 7. The third-order valence-electron chi connectivity index (χ3n) is 5.27. The van der Waals surface area contributed by atoms with Crippen molar-refractivity contribution >= 4 is 5.91 Å². The number of carbonyl (C=O) groups excluding carboxylic acids is 1. The molecule has 0 spiro atoms. The van der Waals surface area contributed by atoms with Crippen molar-refractivity contribution in [3.05, 3.63) is 107 Å². The van der Waals surface area contributed by atoms with E-state index < -0.39 is 0 Å². The van der Waals surface area contributed by atoms with Crippen LogP contribution in [0.3, 0.4) is 0 Å². The minimum atomic E-state index is 0.0501. The van der Waals surface area contributed by atoms with Gasteiger partial charge in [-0.2, -0.15) is 5.10 Å². The maximum absolute atomic E-state index is 13.3. The number of carbonyl (C=O) groups is 1. The van der Waals surface area contributed by atoms with E-state index in [9.17, 15) is 4.79 Å². The highest BCUT2D eigenvalue weighted by molar-refractivity contribution is 5.79. The van der Waals surface area contributed by atoms with Gasteiger partial charge in [-0.1, -0.05) is 48.5 Å². The number of hydrogen-bond acceptors (Lipinski definition) is 3. The van der Waals surface area contributed by atoms with Crippen LogP contribution in [0, 0.1) is 13.8 Å². The average molecular weight is 399 g/mol. The topological polar surface area (TPSA) is 51.3 Å². The smallest absolute Gasteiger partial charge is 0.227 e. The Morgan fingerprint density at radius 3 is 2.30 bits per heavy atom. The number of hydrogen-bond donors (Lipinski definition) is 0. The van der Waals surface area contributed by atoms with Crippen LogP contribution in [0.15, 0.2) is 83.5 Å². The van der Waals surface area contributed by atoms with E-state index in [2.05, 4.69) is 5.10 Å². The normalized spacial score (nSPS) is 10.9. The van der Waals surface area contributed by atoms with Crippen molar-refractivity contribution in [3.8, 4) is 5.69 Å². The molecule has 5 nitrogen and oxygen atoms in total. The molecule has 2 aromatic carbocycles. The molecule has 4 rings (SSSR count). The molecule has 0 unspecified atom stereocenters.